The van der Waals surface area contributed by atoms with Crippen molar-refractivity contribution in [2.45, 2.75) is 45.1 Å². The molecule has 2 fully saturated rings. The summed E-state index contributed by atoms with van der Waals surface area (Å²) in [6.07, 6.45) is 3.89. The highest BCUT2D eigenvalue weighted by Crippen LogP contribution is 2.21. The molecule has 1 aromatic rings. The first-order valence-corrected chi connectivity index (χ1v) is 10.2. The van der Waals surface area contributed by atoms with Crippen LogP contribution in [0.25, 0.3) is 0 Å². The third-order valence-corrected chi connectivity index (χ3v) is 5.41. The number of nitrogens with zero attached hydrogens (tertiary/aromatic N) is 1. The Kier molecular flexibility index (Phi) is 7.03. The van der Waals surface area contributed by atoms with Gasteiger partial charge in [0, 0.05) is 36.8 Å². The van der Waals surface area contributed by atoms with E-state index in [-0.39, 0.29) is 29.7 Å². The SMILES string of the molecule is CCOC(=O)C1CCN(C(=O)c2ccc(NC(=O)CC3CCCN3)cc2)CC1. The molecular weight excluding hydrogens is 358 g/mol. The second-order valence-corrected chi connectivity index (χ2v) is 7.44. The van der Waals surface area contributed by atoms with E-state index >= 15 is 0 Å². The number of hydrogen-bond donors (Lipinski definition) is 2. The average molecular weight is 387 g/mol. The summed E-state index contributed by atoms with van der Waals surface area (Å²) < 4.78 is 5.07. The van der Waals surface area contributed by atoms with E-state index in [4.69, 9.17) is 4.74 Å². The smallest absolute Gasteiger partial charge is 0.309 e. The highest BCUT2D eigenvalue weighted by molar-refractivity contribution is 5.96. The van der Waals surface area contributed by atoms with Crippen molar-refractivity contribution < 1.29 is 19.1 Å². The molecule has 2 N–H and O–H groups in total. The summed E-state index contributed by atoms with van der Waals surface area (Å²) in [4.78, 5) is 38.4. The predicted molar refractivity (Wildman–Crippen MR) is 106 cm³/mol. The van der Waals surface area contributed by atoms with Crippen molar-refractivity contribution in [1.29, 1.82) is 0 Å². The van der Waals surface area contributed by atoms with Gasteiger partial charge in [-0.25, -0.2) is 0 Å². The molecule has 0 spiro atoms. The van der Waals surface area contributed by atoms with Crippen molar-refractivity contribution in [2.75, 3.05) is 31.6 Å². The maximum Gasteiger partial charge on any atom is 0.309 e. The summed E-state index contributed by atoms with van der Waals surface area (Å²) in [6.45, 7) is 4.27. The van der Waals surface area contributed by atoms with E-state index in [1.807, 2.05) is 0 Å². The number of carbonyl (C=O) groups is 3. The first kappa shape index (κ1) is 20.3. The van der Waals surface area contributed by atoms with Crippen LogP contribution in [0.3, 0.4) is 0 Å². The summed E-state index contributed by atoms with van der Waals surface area (Å²) in [5.41, 5.74) is 1.28. The van der Waals surface area contributed by atoms with Gasteiger partial charge in [-0.3, -0.25) is 14.4 Å². The van der Waals surface area contributed by atoms with Crippen LogP contribution in [-0.4, -0.2) is 55.0 Å². The Balaban J connectivity index is 1.48. The molecule has 1 aromatic carbocycles. The van der Waals surface area contributed by atoms with Crippen molar-refractivity contribution in [3.63, 3.8) is 0 Å². The quantitative estimate of drug-likeness (QED) is 0.731. The van der Waals surface area contributed by atoms with Gasteiger partial charge in [0.15, 0.2) is 0 Å². The molecule has 0 aliphatic carbocycles. The maximum atomic E-state index is 12.7. The van der Waals surface area contributed by atoms with E-state index in [1.54, 1.807) is 36.1 Å². The molecule has 2 saturated heterocycles. The molecule has 2 aliphatic rings. The number of likely N-dealkylation sites (tertiary alicyclic amines) is 1. The lowest BCUT2D eigenvalue weighted by molar-refractivity contribution is -0.149. The maximum absolute atomic E-state index is 12.7. The number of ether oxygens (including phenoxy) is 1. The van der Waals surface area contributed by atoms with Gasteiger partial charge >= 0.3 is 5.97 Å². The number of amides is 2. The molecule has 1 unspecified atom stereocenters. The fourth-order valence-electron chi connectivity index (χ4n) is 3.82. The zero-order valence-corrected chi connectivity index (χ0v) is 16.4. The van der Waals surface area contributed by atoms with Gasteiger partial charge in [-0.2, -0.15) is 0 Å². The Hall–Kier alpha value is -2.41. The first-order valence-electron chi connectivity index (χ1n) is 10.2. The molecule has 0 radical (unpaired) electrons. The monoisotopic (exact) mass is 387 g/mol. The van der Waals surface area contributed by atoms with Crippen molar-refractivity contribution in [3.8, 4) is 0 Å². The number of benzene rings is 1. The van der Waals surface area contributed by atoms with E-state index < -0.39 is 0 Å². The Labute approximate surface area is 165 Å². The number of hydrogen-bond acceptors (Lipinski definition) is 5. The third-order valence-electron chi connectivity index (χ3n) is 5.41. The lowest BCUT2D eigenvalue weighted by Gasteiger charge is -2.31. The molecular formula is C21H29N3O4. The number of nitrogens with one attached hydrogen (secondary N) is 2. The van der Waals surface area contributed by atoms with Crippen molar-refractivity contribution >= 4 is 23.5 Å². The molecule has 0 aromatic heterocycles. The van der Waals surface area contributed by atoms with E-state index in [1.165, 1.54) is 0 Å². The van der Waals surface area contributed by atoms with Crippen LogP contribution in [0.4, 0.5) is 5.69 Å². The van der Waals surface area contributed by atoms with Crippen LogP contribution in [-0.2, 0) is 14.3 Å². The lowest BCUT2D eigenvalue weighted by atomic mass is 9.96. The molecule has 1 atom stereocenters. The Morgan fingerprint density at radius 1 is 1.14 bits per heavy atom. The number of anilines is 1. The van der Waals surface area contributed by atoms with Crippen molar-refractivity contribution in [2.24, 2.45) is 5.92 Å². The van der Waals surface area contributed by atoms with Gasteiger partial charge in [0.25, 0.3) is 5.91 Å². The third kappa shape index (κ3) is 5.32. The summed E-state index contributed by atoms with van der Waals surface area (Å²) in [5.74, 6) is -0.340. The molecule has 0 bridgehead atoms. The van der Waals surface area contributed by atoms with Gasteiger partial charge in [-0.1, -0.05) is 0 Å². The van der Waals surface area contributed by atoms with Crippen LogP contribution in [0, 0.1) is 5.92 Å². The highest BCUT2D eigenvalue weighted by atomic mass is 16.5. The minimum absolute atomic E-state index is 0.0143. The van der Waals surface area contributed by atoms with Crippen LogP contribution in [0.2, 0.25) is 0 Å². The second-order valence-electron chi connectivity index (χ2n) is 7.44. The normalized spacial score (nSPS) is 20.0. The van der Waals surface area contributed by atoms with Gasteiger partial charge in [-0.05, 0) is 63.4 Å². The molecule has 7 nitrogen and oxygen atoms in total. The van der Waals surface area contributed by atoms with E-state index in [9.17, 15) is 14.4 Å². The molecule has 28 heavy (non-hydrogen) atoms. The Morgan fingerprint density at radius 3 is 2.46 bits per heavy atom. The summed E-state index contributed by atoms with van der Waals surface area (Å²) >= 11 is 0. The lowest BCUT2D eigenvalue weighted by Crippen LogP contribution is -2.40. The van der Waals surface area contributed by atoms with Gasteiger partial charge in [-0.15, -0.1) is 0 Å². The van der Waals surface area contributed by atoms with E-state index in [0.717, 1.165) is 19.4 Å². The molecule has 3 rings (SSSR count). The fourth-order valence-corrected chi connectivity index (χ4v) is 3.82. The molecule has 2 aliphatic heterocycles. The summed E-state index contributed by atoms with van der Waals surface area (Å²) in [6, 6.07) is 7.27. The molecule has 0 saturated carbocycles. The highest BCUT2D eigenvalue weighted by Gasteiger charge is 2.28. The van der Waals surface area contributed by atoms with Crippen LogP contribution in [0.15, 0.2) is 24.3 Å². The summed E-state index contributed by atoms with van der Waals surface area (Å²) in [5, 5.41) is 6.20. The van der Waals surface area contributed by atoms with E-state index in [2.05, 4.69) is 10.6 Å². The van der Waals surface area contributed by atoms with Crippen LogP contribution >= 0.6 is 0 Å². The largest absolute Gasteiger partial charge is 0.466 e. The van der Waals surface area contributed by atoms with Crippen LogP contribution in [0.5, 0.6) is 0 Å². The van der Waals surface area contributed by atoms with Crippen LogP contribution < -0.4 is 10.6 Å². The number of rotatable bonds is 6. The number of piperidine rings is 1. The molecule has 7 heteroatoms. The number of carbonyl (C=O) groups excluding carboxylic acids is 3. The minimum Gasteiger partial charge on any atom is -0.466 e. The van der Waals surface area contributed by atoms with Crippen LogP contribution in [0.1, 0.15) is 49.4 Å². The predicted octanol–water partition coefficient (Wildman–Crippen LogP) is 2.18. The first-order chi connectivity index (χ1) is 13.6. The van der Waals surface area contributed by atoms with Gasteiger partial charge in [0.1, 0.15) is 0 Å². The van der Waals surface area contributed by atoms with Gasteiger partial charge in [0.2, 0.25) is 5.91 Å². The Bertz CT molecular complexity index is 690. The molecule has 2 heterocycles. The van der Waals surface area contributed by atoms with Crippen molar-refractivity contribution in [1.82, 2.24) is 10.2 Å². The topological polar surface area (TPSA) is 87.7 Å². The zero-order chi connectivity index (χ0) is 19.9. The minimum atomic E-state index is -0.164. The summed E-state index contributed by atoms with van der Waals surface area (Å²) in [7, 11) is 0. The van der Waals surface area contributed by atoms with E-state index in [0.29, 0.717) is 50.2 Å². The average Bonchev–Trinajstić information content (AvgIpc) is 3.21. The van der Waals surface area contributed by atoms with Gasteiger partial charge in [0.05, 0.1) is 12.5 Å². The second kappa shape index (κ2) is 9.68. The standard InChI is InChI=1S/C21H29N3O4/c1-2-28-21(27)16-9-12-24(13-10-16)20(26)15-5-7-17(8-6-15)23-19(25)14-18-4-3-11-22-18/h5-8,16,18,22H,2-4,9-14H2,1H3,(H,23,25). The van der Waals surface area contributed by atoms with Crippen molar-refractivity contribution in [3.05, 3.63) is 29.8 Å². The number of esters is 1. The zero-order valence-electron chi connectivity index (χ0n) is 16.4. The molecule has 152 valence electrons. The molecule has 2 amide bonds. The van der Waals surface area contributed by atoms with Gasteiger partial charge < -0.3 is 20.3 Å². The fraction of sp³-hybridized carbons (Fsp3) is 0.571. The Morgan fingerprint density at radius 2 is 1.86 bits per heavy atom.